The predicted molar refractivity (Wildman–Crippen MR) is 37.6 cm³/mol. The molecule has 0 aliphatic carbocycles. The van der Waals surface area contributed by atoms with Crippen LogP contribution >= 0.6 is 11.8 Å². The fraction of sp³-hybridized carbons (Fsp3) is 0.400. The van der Waals surface area contributed by atoms with Gasteiger partial charge < -0.3 is 4.90 Å². The van der Waals surface area contributed by atoms with Gasteiger partial charge in [-0.2, -0.15) is 5.26 Å². The van der Waals surface area contributed by atoms with Crippen molar-refractivity contribution in [3.05, 3.63) is 7.05 Å². The van der Waals surface area contributed by atoms with Gasteiger partial charge in [-0.25, -0.2) is 0 Å². The minimum atomic E-state index is 0.734. The van der Waals surface area contributed by atoms with Gasteiger partial charge in [0.1, 0.15) is 0 Å². The third-order valence-corrected chi connectivity index (χ3v) is 2.00. The van der Waals surface area contributed by atoms with E-state index in [1.165, 1.54) is 0 Å². The lowest BCUT2D eigenvalue weighted by atomic mass is 10.7. The normalized spacial score (nSPS) is 22.7. The molecule has 0 aromatic carbocycles. The molecule has 4 heteroatoms. The molecular weight excluding hydrogens is 134 g/mol. The van der Waals surface area contributed by atoms with Crippen molar-refractivity contribution in [1.29, 1.82) is 5.26 Å². The zero-order valence-corrected chi connectivity index (χ0v) is 5.69. The maximum absolute atomic E-state index is 8.14. The van der Waals surface area contributed by atoms with E-state index in [1.807, 2.05) is 0 Å². The van der Waals surface area contributed by atoms with Crippen LogP contribution in [0.15, 0.2) is 4.99 Å². The number of nitriles is 1. The Kier molecular flexibility index (Phi) is 1.96. The van der Waals surface area contributed by atoms with Crippen molar-refractivity contribution in [2.45, 2.75) is 0 Å². The van der Waals surface area contributed by atoms with Gasteiger partial charge in [0, 0.05) is 19.3 Å². The molecule has 47 valence electrons. The fourth-order valence-corrected chi connectivity index (χ4v) is 1.45. The van der Waals surface area contributed by atoms with Crippen molar-refractivity contribution in [2.75, 3.05) is 12.3 Å². The molecule has 1 aliphatic heterocycles. The maximum Gasteiger partial charge on any atom is 0.208 e. The first-order chi connectivity index (χ1) is 4.34. The third kappa shape index (κ3) is 1.36. The van der Waals surface area contributed by atoms with E-state index in [2.05, 4.69) is 12.0 Å². The highest BCUT2D eigenvalue weighted by Crippen LogP contribution is 2.15. The lowest BCUT2D eigenvalue weighted by Crippen LogP contribution is -2.14. The number of rotatable bonds is 0. The molecule has 1 heterocycles. The molecule has 0 unspecified atom stereocenters. The predicted octanol–water partition coefficient (Wildman–Crippen LogP) is 0.664. The molecule has 0 aromatic rings. The van der Waals surface area contributed by atoms with Gasteiger partial charge in [0.25, 0.3) is 0 Å². The van der Waals surface area contributed by atoms with E-state index in [-0.39, 0.29) is 0 Å². The van der Waals surface area contributed by atoms with Crippen LogP contribution in [-0.4, -0.2) is 22.4 Å². The molecule has 0 spiro atoms. The molecule has 0 N–H and O–H groups in total. The molecule has 1 fully saturated rings. The van der Waals surface area contributed by atoms with E-state index >= 15 is 0 Å². The minimum Gasteiger partial charge on any atom is -0.348 e. The van der Waals surface area contributed by atoms with E-state index < -0.39 is 0 Å². The van der Waals surface area contributed by atoms with Crippen LogP contribution in [0.2, 0.25) is 0 Å². The maximum atomic E-state index is 8.14. The summed E-state index contributed by atoms with van der Waals surface area (Å²) in [6.07, 6.45) is 1.73. The number of thioether (sulfide) groups is 1. The summed E-state index contributed by atoms with van der Waals surface area (Å²) >= 11 is 1.57. The average Bonchev–Trinajstić information content (AvgIpc) is 2.18. The molecule has 3 nitrogen and oxygen atoms in total. The Bertz CT molecular complexity index is 170. The topological polar surface area (TPSA) is 39.4 Å². The zero-order valence-electron chi connectivity index (χ0n) is 4.87. The van der Waals surface area contributed by atoms with Crippen LogP contribution in [0.25, 0.3) is 0 Å². The van der Waals surface area contributed by atoms with Crippen LogP contribution in [0.4, 0.5) is 0 Å². The Morgan fingerprint density at radius 3 is 3.11 bits per heavy atom. The lowest BCUT2D eigenvalue weighted by Gasteiger charge is -2.05. The van der Waals surface area contributed by atoms with Gasteiger partial charge in [-0.1, -0.05) is 11.8 Å². The van der Waals surface area contributed by atoms with Crippen LogP contribution in [-0.2, 0) is 0 Å². The first-order valence-corrected chi connectivity index (χ1v) is 3.51. The zero-order chi connectivity index (χ0) is 6.69. The van der Waals surface area contributed by atoms with Crippen molar-refractivity contribution in [1.82, 2.24) is 4.90 Å². The van der Waals surface area contributed by atoms with Crippen LogP contribution in [0.5, 0.6) is 0 Å². The smallest absolute Gasteiger partial charge is 0.208 e. The van der Waals surface area contributed by atoms with Gasteiger partial charge in [0.2, 0.25) is 6.19 Å². The standard InChI is InChI=1S/C5H6N3S/c1-8-2-3-9-5(8)7-4-6/h1-3H2/b7-5+. The molecule has 1 rings (SSSR count). The Morgan fingerprint density at radius 1 is 1.89 bits per heavy atom. The molecule has 0 atom stereocenters. The molecule has 1 radical (unpaired) electrons. The Labute approximate surface area is 58.4 Å². The number of aliphatic imine (C=N–C) groups is 1. The van der Waals surface area contributed by atoms with Gasteiger partial charge in [0.15, 0.2) is 5.17 Å². The van der Waals surface area contributed by atoms with Crippen LogP contribution < -0.4 is 0 Å². The Balaban J connectivity index is 2.62. The van der Waals surface area contributed by atoms with Gasteiger partial charge in [0.05, 0.1) is 0 Å². The average molecular weight is 140 g/mol. The SMILES string of the molecule is [CH2]N1CCS/C1=N/C#N. The largest absolute Gasteiger partial charge is 0.348 e. The quantitative estimate of drug-likeness (QED) is 0.464. The monoisotopic (exact) mass is 140 g/mol. The van der Waals surface area contributed by atoms with Crippen LogP contribution in [0.1, 0.15) is 0 Å². The molecule has 0 aromatic heterocycles. The summed E-state index contributed by atoms with van der Waals surface area (Å²) in [6.45, 7) is 0.894. The lowest BCUT2D eigenvalue weighted by molar-refractivity contribution is 0.614. The second-order valence-corrected chi connectivity index (χ2v) is 2.67. The summed E-state index contributed by atoms with van der Waals surface area (Å²) in [6, 6.07) is 0. The number of hydrogen-bond donors (Lipinski definition) is 0. The fourth-order valence-electron chi connectivity index (χ4n) is 0.580. The summed E-state index contributed by atoms with van der Waals surface area (Å²) in [5.41, 5.74) is 0. The van der Waals surface area contributed by atoms with Crippen LogP contribution in [0.3, 0.4) is 0 Å². The van der Waals surface area contributed by atoms with Gasteiger partial charge in [-0.15, -0.1) is 4.99 Å². The summed E-state index contributed by atoms with van der Waals surface area (Å²) in [5.74, 6) is 0.990. The first kappa shape index (κ1) is 6.43. The molecule has 9 heavy (non-hydrogen) atoms. The highest BCUT2D eigenvalue weighted by Gasteiger charge is 2.14. The van der Waals surface area contributed by atoms with E-state index in [4.69, 9.17) is 5.26 Å². The van der Waals surface area contributed by atoms with E-state index in [1.54, 1.807) is 22.9 Å². The van der Waals surface area contributed by atoms with Crippen molar-refractivity contribution in [3.63, 3.8) is 0 Å². The van der Waals surface area contributed by atoms with Gasteiger partial charge >= 0.3 is 0 Å². The van der Waals surface area contributed by atoms with E-state index in [0.29, 0.717) is 0 Å². The minimum absolute atomic E-state index is 0.734. The van der Waals surface area contributed by atoms with E-state index in [9.17, 15) is 0 Å². The summed E-state index contributed by atoms with van der Waals surface area (Å²) in [7, 11) is 3.67. The molecule has 0 saturated carbocycles. The molecule has 0 bridgehead atoms. The Morgan fingerprint density at radius 2 is 2.67 bits per heavy atom. The first-order valence-electron chi connectivity index (χ1n) is 2.52. The van der Waals surface area contributed by atoms with Crippen molar-refractivity contribution in [2.24, 2.45) is 4.99 Å². The molecule has 1 saturated heterocycles. The molecular formula is C5H6N3S. The van der Waals surface area contributed by atoms with Gasteiger partial charge in [-0.3, -0.25) is 0 Å². The molecule has 1 aliphatic rings. The highest BCUT2D eigenvalue weighted by molar-refractivity contribution is 8.14. The Hall–Kier alpha value is -0.690. The highest BCUT2D eigenvalue weighted by atomic mass is 32.2. The van der Waals surface area contributed by atoms with Crippen molar-refractivity contribution >= 4 is 16.9 Å². The molecule has 0 amide bonds. The number of hydrogen-bond acceptors (Lipinski definition) is 3. The van der Waals surface area contributed by atoms with Gasteiger partial charge in [-0.05, 0) is 0 Å². The second kappa shape index (κ2) is 2.74. The van der Waals surface area contributed by atoms with Crippen molar-refractivity contribution in [3.8, 4) is 6.19 Å². The van der Waals surface area contributed by atoms with E-state index in [0.717, 1.165) is 17.5 Å². The van der Waals surface area contributed by atoms with Crippen LogP contribution in [0, 0.1) is 18.5 Å². The number of nitrogens with zero attached hydrogens (tertiary/aromatic N) is 3. The van der Waals surface area contributed by atoms with Crippen molar-refractivity contribution < 1.29 is 0 Å². The third-order valence-electron chi connectivity index (χ3n) is 1.01. The summed E-state index contributed by atoms with van der Waals surface area (Å²) in [4.78, 5) is 5.28. The summed E-state index contributed by atoms with van der Waals surface area (Å²) in [5, 5.41) is 8.87. The second-order valence-electron chi connectivity index (χ2n) is 1.61. The summed E-state index contributed by atoms with van der Waals surface area (Å²) < 4.78 is 0. The number of amidine groups is 1.